The second-order valence-corrected chi connectivity index (χ2v) is 8.36. The van der Waals surface area contributed by atoms with Crippen LogP contribution in [0.5, 0.6) is 5.75 Å². The van der Waals surface area contributed by atoms with E-state index in [0.29, 0.717) is 11.3 Å². The maximum absolute atomic E-state index is 12.4. The van der Waals surface area contributed by atoms with Crippen LogP contribution in [0.25, 0.3) is 6.08 Å². The van der Waals surface area contributed by atoms with Crippen molar-refractivity contribution >= 4 is 45.4 Å². The number of carbonyl (C=O) groups is 1. The number of halogens is 1. The summed E-state index contributed by atoms with van der Waals surface area (Å²) in [5.74, 6) is 0.713. The van der Waals surface area contributed by atoms with Crippen LogP contribution in [-0.4, -0.2) is 18.5 Å². The minimum atomic E-state index is -0.194. The molecule has 4 nitrogen and oxygen atoms in total. The lowest BCUT2D eigenvalue weighted by Gasteiger charge is -2.13. The Morgan fingerprint density at radius 2 is 2.07 bits per heavy atom. The maximum atomic E-state index is 12.4. The van der Waals surface area contributed by atoms with Crippen LogP contribution in [0.2, 0.25) is 0 Å². The molecule has 0 spiro atoms. The molecule has 0 radical (unpaired) electrons. The normalized spacial score (nSPS) is 17.5. The lowest BCUT2D eigenvalue weighted by atomic mass is 10.1. The SMILES string of the molecule is C=CCc1cc(/C=C2\S[C@H](Nc3ccc(CC)cc3)NC2=O)cc(Br)c1OC. The number of amides is 1. The molecule has 0 bridgehead atoms. The zero-order valence-corrected chi connectivity index (χ0v) is 18.3. The summed E-state index contributed by atoms with van der Waals surface area (Å²) in [6.45, 7) is 5.93. The van der Waals surface area contributed by atoms with Crippen molar-refractivity contribution in [2.24, 2.45) is 0 Å². The third-order valence-corrected chi connectivity index (χ3v) is 6.02. The highest BCUT2D eigenvalue weighted by atomic mass is 79.9. The van der Waals surface area contributed by atoms with Gasteiger partial charge in [0, 0.05) is 5.69 Å². The minimum absolute atomic E-state index is 0.0788. The van der Waals surface area contributed by atoms with Gasteiger partial charge in [0.25, 0.3) is 5.91 Å². The molecule has 1 fully saturated rings. The average Bonchev–Trinajstić information content (AvgIpc) is 3.01. The molecule has 1 heterocycles. The largest absolute Gasteiger partial charge is 0.495 e. The molecular weight excluding hydrogens is 436 g/mol. The van der Waals surface area contributed by atoms with E-state index in [2.05, 4.69) is 52.2 Å². The van der Waals surface area contributed by atoms with Gasteiger partial charge in [0.05, 0.1) is 16.5 Å². The lowest BCUT2D eigenvalue weighted by molar-refractivity contribution is -0.116. The fourth-order valence-electron chi connectivity index (χ4n) is 3.00. The van der Waals surface area contributed by atoms with Crippen molar-refractivity contribution in [3.63, 3.8) is 0 Å². The minimum Gasteiger partial charge on any atom is -0.495 e. The Hall–Kier alpha value is -2.18. The van der Waals surface area contributed by atoms with Crippen LogP contribution >= 0.6 is 27.7 Å². The van der Waals surface area contributed by atoms with Crippen LogP contribution < -0.4 is 15.4 Å². The summed E-state index contributed by atoms with van der Waals surface area (Å²) < 4.78 is 6.32. The van der Waals surface area contributed by atoms with E-state index in [1.54, 1.807) is 7.11 Å². The van der Waals surface area contributed by atoms with Crippen LogP contribution in [-0.2, 0) is 17.6 Å². The summed E-state index contributed by atoms with van der Waals surface area (Å²) in [6.07, 6.45) is 5.43. The van der Waals surface area contributed by atoms with Crippen molar-refractivity contribution in [3.05, 3.63) is 75.1 Å². The van der Waals surface area contributed by atoms with E-state index >= 15 is 0 Å². The van der Waals surface area contributed by atoms with Gasteiger partial charge in [-0.2, -0.15) is 0 Å². The molecule has 2 aromatic rings. The summed E-state index contributed by atoms with van der Waals surface area (Å²) in [5, 5.41) is 6.32. The topological polar surface area (TPSA) is 50.4 Å². The van der Waals surface area contributed by atoms with E-state index in [4.69, 9.17) is 4.74 Å². The molecule has 146 valence electrons. The number of ether oxygens (including phenoxy) is 1. The Bertz CT molecular complexity index is 909. The molecule has 2 N–H and O–H groups in total. The first-order chi connectivity index (χ1) is 13.5. The summed E-state index contributed by atoms with van der Waals surface area (Å²) in [6, 6.07) is 12.2. The van der Waals surface area contributed by atoms with Crippen LogP contribution in [0.4, 0.5) is 5.69 Å². The van der Waals surface area contributed by atoms with Gasteiger partial charge in [-0.05, 0) is 75.8 Å². The zero-order chi connectivity index (χ0) is 20.1. The Morgan fingerprint density at radius 1 is 1.32 bits per heavy atom. The number of thioether (sulfide) groups is 1. The molecule has 28 heavy (non-hydrogen) atoms. The number of methoxy groups -OCH3 is 1. The van der Waals surface area contributed by atoms with Gasteiger partial charge in [-0.15, -0.1) is 6.58 Å². The zero-order valence-electron chi connectivity index (χ0n) is 15.9. The Kier molecular flexibility index (Phi) is 6.86. The molecule has 6 heteroatoms. The van der Waals surface area contributed by atoms with Gasteiger partial charge in [-0.1, -0.05) is 36.9 Å². The number of rotatable bonds is 7. The Labute approximate surface area is 178 Å². The van der Waals surface area contributed by atoms with Crippen molar-refractivity contribution in [2.75, 3.05) is 12.4 Å². The molecule has 0 unspecified atom stereocenters. The molecule has 0 aromatic heterocycles. The van der Waals surface area contributed by atoms with Crippen molar-refractivity contribution < 1.29 is 9.53 Å². The number of allylic oxidation sites excluding steroid dienone is 1. The number of aryl methyl sites for hydroxylation is 1. The van der Waals surface area contributed by atoms with Gasteiger partial charge >= 0.3 is 0 Å². The Morgan fingerprint density at radius 3 is 2.71 bits per heavy atom. The summed E-state index contributed by atoms with van der Waals surface area (Å²) in [7, 11) is 1.65. The fraction of sp³-hybridized carbons (Fsp3) is 0.227. The molecule has 1 amide bonds. The standard InChI is InChI=1S/C22H23BrN2O2S/c1-4-6-16-11-15(12-18(23)20(16)27-3)13-19-21(26)25-22(28-19)24-17-9-7-14(5-2)8-10-17/h4,7-13,22,24H,1,5-6H2,2-3H3,(H,25,26)/b19-13-/t22-/m1/s1. The van der Waals surface area contributed by atoms with Crippen LogP contribution in [0.1, 0.15) is 23.6 Å². The summed E-state index contributed by atoms with van der Waals surface area (Å²) >= 11 is 5.03. The number of hydrogen-bond acceptors (Lipinski definition) is 4. The predicted octanol–water partition coefficient (Wildman–Crippen LogP) is 5.35. The van der Waals surface area contributed by atoms with E-state index in [9.17, 15) is 4.79 Å². The highest BCUT2D eigenvalue weighted by molar-refractivity contribution is 9.10. The molecule has 3 rings (SSSR count). The van der Waals surface area contributed by atoms with Gasteiger partial charge in [0.2, 0.25) is 0 Å². The summed E-state index contributed by atoms with van der Waals surface area (Å²) in [5.41, 5.74) is 4.04. The van der Waals surface area contributed by atoms with Gasteiger partial charge in [-0.3, -0.25) is 4.79 Å². The highest BCUT2D eigenvalue weighted by Gasteiger charge is 2.27. The first-order valence-electron chi connectivity index (χ1n) is 9.06. The predicted molar refractivity (Wildman–Crippen MR) is 122 cm³/mol. The van der Waals surface area contributed by atoms with E-state index in [1.807, 2.05) is 36.4 Å². The number of anilines is 1. The summed E-state index contributed by atoms with van der Waals surface area (Å²) in [4.78, 5) is 13.1. The second kappa shape index (κ2) is 9.34. The number of hydrogen-bond donors (Lipinski definition) is 2. The molecule has 1 saturated heterocycles. The third-order valence-electron chi connectivity index (χ3n) is 4.40. The van der Waals surface area contributed by atoms with Gasteiger partial charge in [-0.25, -0.2) is 0 Å². The molecule has 2 aromatic carbocycles. The Balaban J connectivity index is 1.77. The molecule has 0 aliphatic carbocycles. The number of benzene rings is 2. The fourth-order valence-corrected chi connectivity index (χ4v) is 4.66. The van der Waals surface area contributed by atoms with Gasteiger partial charge in [0.15, 0.2) is 5.50 Å². The van der Waals surface area contributed by atoms with E-state index < -0.39 is 0 Å². The third kappa shape index (κ3) is 4.80. The number of nitrogens with one attached hydrogen (secondary N) is 2. The van der Waals surface area contributed by atoms with E-state index in [-0.39, 0.29) is 11.4 Å². The monoisotopic (exact) mass is 458 g/mol. The van der Waals surface area contributed by atoms with Crippen molar-refractivity contribution in [3.8, 4) is 5.75 Å². The van der Waals surface area contributed by atoms with E-state index in [0.717, 1.165) is 33.5 Å². The first-order valence-corrected chi connectivity index (χ1v) is 10.7. The van der Waals surface area contributed by atoms with E-state index in [1.165, 1.54) is 17.3 Å². The van der Waals surface area contributed by atoms with Crippen LogP contribution in [0, 0.1) is 0 Å². The van der Waals surface area contributed by atoms with Gasteiger partial charge in [0.1, 0.15) is 5.75 Å². The van der Waals surface area contributed by atoms with Gasteiger partial charge < -0.3 is 15.4 Å². The quantitative estimate of drug-likeness (QED) is 0.433. The molecule has 0 saturated carbocycles. The molecule has 1 aliphatic rings. The maximum Gasteiger partial charge on any atom is 0.260 e. The van der Waals surface area contributed by atoms with Crippen molar-refractivity contribution in [1.29, 1.82) is 0 Å². The first kappa shape index (κ1) is 20.6. The second-order valence-electron chi connectivity index (χ2n) is 6.36. The van der Waals surface area contributed by atoms with Crippen molar-refractivity contribution in [1.82, 2.24) is 5.32 Å². The molecule has 1 aliphatic heterocycles. The van der Waals surface area contributed by atoms with Crippen LogP contribution in [0.15, 0.2) is 58.4 Å². The molecule has 1 atom stereocenters. The smallest absolute Gasteiger partial charge is 0.260 e. The highest BCUT2D eigenvalue weighted by Crippen LogP contribution is 2.35. The molecular formula is C22H23BrN2O2S. The number of carbonyl (C=O) groups excluding carboxylic acids is 1. The van der Waals surface area contributed by atoms with Crippen molar-refractivity contribution in [2.45, 2.75) is 25.3 Å². The average molecular weight is 459 g/mol. The lowest BCUT2D eigenvalue weighted by Crippen LogP contribution is -2.30. The van der Waals surface area contributed by atoms with Crippen LogP contribution in [0.3, 0.4) is 0 Å².